The summed E-state index contributed by atoms with van der Waals surface area (Å²) < 4.78 is 21.7. The van der Waals surface area contributed by atoms with Crippen molar-refractivity contribution in [3.8, 4) is 0 Å². The molecule has 27 heavy (non-hydrogen) atoms. The molecule has 3 saturated carbocycles. The smallest absolute Gasteiger partial charge is 0.181 e. The van der Waals surface area contributed by atoms with Crippen LogP contribution in [-0.4, -0.2) is 40.2 Å². The van der Waals surface area contributed by atoms with Gasteiger partial charge < -0.3 is 9.84 Å². The number of alkyl halides is 1. The van der Waals surface area contributed by atoms with E-state index in [1.54, 1.807) is 6.92 Å². The Labute approximate surface area is 158 Å². The van der Waals surface area contributed by atoms with Gasteiger partial charge in [-0.3, -0.25) is 9.59 Å². The Bertz CT molecular complexity index is 845. The molecule has 2 unspecified atom stereocenters. The van der Waals surface area contributed by atoms with E-state index >= 15 is 4.39 Å². The van der Waals surface area contributed by atoms with Crippen LogP contribution in [0, 0.1) is 22.7 Å². The maximum absolute atomic E-state index is 15.3. The lowest BCUT2D eigenvalue weighted by Crippen LogP contribution is -2.62. The molecule has 1 spiro atoms. The maximum atomic E-state index is 15.3. The van der Waals surface area contributed by atoms with E-state index in [1.165, 1.54) is 13.0 Å². The first-order chi connectivity index (χ1) is 12.5. The van der Waals surface area contributed by atoms with E-state index in [1.807, 2.05) is 19.9 Å². The number of ketones is 2. The fourth-order valence-corrected chi connectivity index (χ4v) is 7.50. The Hall–Kier alpha value is -1.33. The highest BCUT2D eigenvalue weighted by Gasteiger charge is 2.82. The molecule has 0 aromatic rings. The van der Waals surface area contributed by atoms with Crippen molar-refractivity contribution < 1.29 is 23.8 Å². The number of ether oxygens (including phenoxy) is 1. The van der Waals surface area contributed by atoms with Gasteiger partial charge in [-0.25, -0.2) is 4.39 Å². The van der Waals surface area contributed by atoms with E-state index in [4.69, 9.17) is 4.74 Å². The number of carbonyl (C=O) groups excluding carboxylic acids is 2. The molecule has 8 atom stereocenters. The third-order valence-electron chi connectivity index (χ3n) is 8.96. The first-order valence-corrected chi connectivity index (χ1v) is 10.0. The Morgan fingerprint density at radius 3 is 2.70 bits per heavy atom. The van der Waals surface area contributed by atoms with Gasteiger partial charge in [-0.15, -0.1) is 0 Å². The van der Waals surface area contributed by atoms with E-state index in [9.17, 15) is 14.7 Å². The van der Waals surface area contributed by atoms with E-state index in [2.05, 4.69) is 0 Å². The number of carbonyl (C=O) groups is 2. The molecule has 4 nitrogen and oxygen atoms in total. The zero-order chi connectivity index (χ0) is 19.6. The van der Waals surface area contributed by atoms with Crippen LogP contribution in [0.1, 0.15) is 53.4 Å². The Morgan fingerprint density at radius 1 is 1.33 bits per heavy atom. The maximum Gasteiger partial charge on any atom is 0.181 e. The zero-order valence-corrected chi connectivity index (χ0v) is 16.3. The number of aliphatic hydroxyl groups is 1. The van der Waals surface area contributed by atoms with Crippen LogP contribution >= 0.6 is 0 Å². The number of epoxide rings is 1. The highest BCUT2D eigenvalue weighted by atomic mass is 19.1. The van der Waals surface area contributed by atoms with Gasteiger partial charge in [0, 0.05) is 10.8 Å². The second kappa shape index (κ2) is 4.80. The van der Waals surface area contributed by atoms with Gasteiger partial charge in [0.1, 0.15) is 17.4 Å². The largest absolute Gasteiger partial charge is 0.382 e. The minimum atomic E-state index is -1.35. The summed E-state index contributed by atoms with van der Waals surface area (Å²) in [5.74, 6) is -0.346. The van der Waals surface area contributed by atoms with Crippen molar-refractivity contribution in [3.05, 3.63) is 23.3 Å². The van der Waals surface area contributed by atoms with Crippen molar-refractivity contribution in [2.75, 3.05) is 0 Å². The van der Waals surface area contributed by atoms with Gasteiger partial charge in [0.15, 0.2) is 11.6 Å². The average Bonchev–Trinajstić information content (AvgIpc) is 3.24. The molecule has 0 bridgehead atoms. The minimum Gasteiger partial charge on any atom is -0.382 e. The molecule has 5 heteroatoms. The van der Waals surface area contributed by atoms with E-state index in [-0.39, 0.29) is 29.5 Å². The minimum absolute atomic E-state index is 0.0353. The molecule has 0 aromatic carbocycles. The van der Waals surface area contributed by atoms with Crippen LogP contribution < -0.4 is 0 Å². The molecule has 146 valence electrons. The Morgan fingerprint density at radius 2 is 2.04 bits per heavy atom. The molecule has 0 radical (unpaired) electrons. The molecule has 5 aliphatic rings. The third kappa shape index (κ3) is 1.73. The standard InChI is InChI=1S/C22H27FO4/c1-11-9-20(4)15(8-17(11)25)16(23)7-14-13-5-6-21(26,12(2)24)19(13,3)10-18-22(14,20)27-18/h8-9,13-14,16,18,26H,5-7,10H2,1-4H3/t13-,14-,16?,18?,19-,20-,21-,22-/m0/s1. The molecule has 1 N–H and O–H groups in total. The van der Waals surface area contributed by atoms with Crippen molar-refractivity contribution >= 4 is 11.6 Å². The van der Waals surface area contributed by atoms with Gasteiger partial charge >= 0.3 is 0 Å². The van der Waals surface area contributed by atoms with E-state index < -0.39 is 28.2 Å². The van der Waals surface area contributed by atoms with Crippen molar-refractivity contribution in [1.29, 1.82) is 0 Å². The van der Waals surface area contributed by atoms with Crippen LogP contribution in [0.5, 0.6) is 0 Å². The highest BCUT2D eigenvalue weighted by Crippen LogP contribution is 2.76. The number of Topliss-reactive ketones (excluding diaryl/α,β-unsaturated/α-hetero) is 1. The van der Waals surface area contributed by atoms with E-state index in [0.717, 1.165) is 0 Å². The van der Waals surface area contributed by atoms with Crippen LogP contribution in [0.2, 0.25) is 0 Å². The number of hydrogen-bond donors (Lipinski definition) is 1. The summed E-state index contributed by atoms with van der Waals surface area (Å²) in [6.45, 7) is 7.23. The van der Waals surface area contributed by atoms with Crippen LogP contribution in [0.15, 0.2) is 23.3 Å². The van der Waals surface area contributed by atoms with Gasteiger partial charge in [0.25, 0.3) is 0 Å². The number of halogens is 1. The monoisotopic (exact) mass is 374 g/mol. The summed E-state index contributed by atoms with van der Waals surface area (Å²) >= 11 is 0. The SMILES string of the molecule is CC(=O)[C@@]1(O)CC[C@H]2[C@@H]3CC(F)C4=CC(=O)C(C)=C[C@]4(C)[C@]34OC4C[C@@]21C. The molecule has 0 aromatic heterocycles. The summed E-state index contributed by atoms with van der Waals surface area (Å²) in [5.41, 5.74) is -1.93. The third-order valence-corrected chi connectivity index (χ3v) is 8.96. The van der Waals surface area contributed by atoms with Crippen LogP contribution in [0.3, 0.4) is 0 Å². The van der Waals surface area contributed by atoms with Gasteiger partial charge in [-0.2, -0.15) is 0 Å². The average molecular weight is 374 g/mol. The topological polar surface area (TPSA) is 66.9 Å². The number of hydrogen-bond acceptors (Lipinski definition) is 4. The summed E-state index contributed by atoms with van der Waals surface area (Å²) in [6.07, 6.45) is 4.13. The summed E-state index contributed by atoms with van der Waals surface area (Å²) in [4.78, 5) is 24.5. The van der Waals surface area contributed by atoms with Crippen LogP contribution in [0.25, 0.3) is 0 Å². The molecule has 0 amide bonds. The molecule has 5 rings (SSSR count). The van der Waals surface area contributed by atoms with Crippen molar-refractivity contribution in [1.82, 2.24) is 0 Å². The predicted molar refractivity (Wildman–Crippen MR) is 96.6 cm³/mol. The molecule has 4 fully saturated rings. The van der Waals surface area contributed by atoms with Crippen LogP contribution in [0.4, 0.5) is 4.39 Å². The zero-order valence-electron chi connectivity index (χ0n) is 16.3. The van der Waals surface area contributed by atoms with Crippen molar-refractivity contribution in [2.45, 2.75) is 76.9 Å². The predicted octanol–water partition coefficient (Wildman–Crippen LogP) is 3.08. The number of rotatable bonds is 1. The molecule has 1 heterocycles. The Balaban J connectivity index is 1.64. The molecular formula is C22H27FO4. The van der Waals surface area contributed by atoms with E-state index in [0.29, 0.717) is 36.8 Å². The van der Waals surface area contributed by atoms with Gasteiger partial charge in [0.05, 0.1) is 6.10 Å². The Kier molecular flexibility index (Phi) is 3.15. The summed E-state index contributed by atoms with van der Waals surface area (Å²) in [5, 5.41) is 11.2. The van der Waals surface area contributed by atoms with Gasteiger partial charge in [0.2, 0.25) is 0 Å². The summed E-state index contributed by atoms with van der Waals surface area (Å²) in [6, 6.07) is 0. The molecule has 4 aliphatic carbocycles. The first kappa shape index (κ1) is 17.7. The number of allylic oxidation sites excluding steroid dienone is 2. The summed E-state index contributed by atoms with van der Waals surface area (Å²) in [7, 11) is 0. The van der Waals surface area contributed by atoms with Crippen LogP contribution in [-0.2, 0) is 14.3 Å². The van der Waals surface area contributed by atoms with Crippen molar-refractivity contribution in [3.63, 3.8) is 0 Å². The van der Waals surface area contributed by atoms with Crippen molar-refractivity contribution in [2.24, 2.45) is 22.7 Å². The fraction of sp³-hybridized carbons (Fsp3) is 0.727. The quantitative estimate of drug-likeness (QED) is 0.717. The normalized spacial score (nSPS) is 55.6. The lowest BCUT2D eigenvalue weighted by Gasteiger charge is -2.56. The van der Waals surface area contributed by atoms with Gasteiger partial charge in [-0.1, -0.05) is 13.0 Å². The highest BCUT2D eigenvalue weighted by molar-refractivity contribution is 6.05. The lowest BCUT2D eigenvalue weighted by molar-refractivity contribution is -0.155. The molecule has 1 aliphatic heterocycles. The lowest BCUT2D eigenvalue weighted by atomic mass is 9.46. The second-order valence-electron chi connectivity index (χ2n) is 9.89. The second-order valence-corrected chi connectivity index (χ2v) is 9.89. The fourth-order valence-electron chi connectivity index (χ4n) is 7.50. The number of fused-ring (bicyclic) bond motifs is 3. The first-order valence-electron chi connectivity index (χ1n) is 10.0. The molecule has 1 saturated heterocycles. The molecular weight excluding hydrogens is 347 g/mol. The van der Waals surface area contributed by atoms with Gasteiger partial charge in [-0.05, 0) is 75.5 Å².